The molecule has 0 unspecified atom stereocenters. The van der Waals surface area contributed by atoms with E-state index in [1.165, 1.54) is 22.3 Å². The molecule has 8 aliphatic rings. The molecule has 0 radical (unpaired) electrons. The average Bonchev–Trinajstić information content (AvgIpc) is 1.82. The van der Waals surface area contributed by atoms with Crippen molar-refractivity contribution in [2.75, 3.05) is 0 Å². The monoisotopic (exact) mass is 1210 g/mol. The Morgan fingerprint density at radius 1 is 0.575 bits per heavy atom. The van der Waals surface area contributed by atoms with Crippen LogP contribution in [-0.2, 0) is 38.3 Å². The number of imidazole rings is 2. The Morgan fingerprint density at radius 3 is 1.48 bits per heavy atom. The third-order valence-corrected chi connectivity index (χ3v) is 19.5. The Morgan fingerprint density at radius 2 is 1.02 bits per heavy atom. The van der Waals surface area contributed by atoms with Gasteiger partial charge in [0, 0.05) is 12.1 Å². The number of amides is 4. The van der Waals surface area contributed by atoms with Crippen molar-refractivity contribution in [2.24, 2.45) is 23.7 Å². The first-order valence-electron chi connectivity index (χ1n) is 31.1. The number of aryl methyl sites for hydroxylation is 2. The molecule has 466 valence electrons. The number of hydrogen-bond donors (Lipinski definition) is 4. The SMILES string of the molecule is CC(C)[C@H](NC(=O)OC(C)(C)C(F)(F)F)C(=O)N1[C@H](c2nc3cc(-c4cc5ccc4CCc4ccc(c(-c6ccc7[nH]c([C@@H]8C[C@@H]9CCCC[C@@H]9N8C(=O)[C@@H](NC(=O)OC(C)(C)C(F)(F)F)C(C)C)nc7c6)c4)C[C@H]5C)ccc3[nH]2)C[C@@H]2CCCC[C@@H]21. The molecule has 9 atom stereocenters. The molecule has 14 rings (SSSR count). The quantitative estimate of drug-likeness (QED) is 0.0876. The van der Waals surface area contributed by atoms with Crippen molar-refractivity contribution in [3.05, 3.63) is 107 Å². The number of halogens is 6. The molecular formula is C67H80F6N8O6. The molecule has 6 aliphatic carbocycles. The molecular weight excluding hydrogens is 1130 g/mol. The summed E-state index contributed by atoms with van der Waals surface area (Å²) in [7, 11) is 0. The highest BCUT2D eigenvalue weighted by molar-refractivity contribution is 5.89. The summed E-state index contributed by atoms with van der Waals surface area (Å²) in [6.45, 7) is 12.4. The van der Waals surface area contributed by atoms with Crippen LogP contribution in [0.25, 0.3) is 44.3 Å². The standard InChI is InChI=1S/C67H80F6N8O6/c1-35(2)56(78-62(84)86-64(6,7)66(68,69)70)60(82)80-52-16-12-10-14-44(52)33-54(80)58-74-48-26-24-42(31-50(48)76-58)46-29-38-18-20-39-22-23-40(37(5)28-41(46)21-19-38)30-47(39)43-25-27-49-51(32-43)77-59(75-49)55-34-45-15-11-13-17-53(45)81(55)61(83)57(36(3)4)79-63(85)87-65(8,9)67(71,72)73/h19,21-27,29-32,35-37,44-45,52-57H,10-18,20,28,33-34H2,1-9H3,(H,74,76)(H,75,77)(H,78,84)(H,79,85)/t37-,44+,45+,52+,53+,54+,55+,56+,57+/m1/s1. The van der Waals surface area contributed by atoms with Crippen LogP contribution in [0.2, 0.25) is 0 Å². The van der Waals surface area contributed by atoms with Gasteiger partial charge in [-0.1, -0.05) is 109 Å². The van der Waals surface area contributed by atoms with Gasteiger partial charge >= 0.3 is 24.5 Å². The van der Waals surface area contributed by atoms with E-state index in [4.69, 9.17) is 19.4 Å². The van der Waals surface area contributed by atoms with Crippen LogP contribution in [0, 0.1) is 23.7 Å². The fraction of sp³-hybridized carbons (Fsp3) is 0.552. The van der Waals surface area contributed by atoms with Crippen LogP contribution in [0.1, 0.15) is 178 Å². The number of fused-ring (bicyclic) bond motifs is 4. The number of carbonyl (C=O) groups is 4. The molecule has 6 aromatic rings. The fourth-order valence-corrected chi connectivity index (χ4v) is 14.3. The number of carbonyl (C=O) groups excluding carboxylic acids is 4. The molecule has 4 fully saturated rings. The summed E-state index contributed by atoms with van der Waals surface area (Å²) in [5.41, 5.74) is 6.53. The first-order chi connectivity index (χ1) is 41.0. The van der Waals surface area contributed by atoms with Gasteiger partial charge < -0.3 is 39.9 Å². The highest BCUT2D eigenvalue weighted by Crippen LogP contribution is 2.49. The molecule has 4 aromatic carbocycles. The van der Waals surface area contributed by atoms with E-state index in [-0.39, 0.29) is 41.7 Å². The number of benzene rings is 4. The van der Waals surface area contributed by atoms with E-state index in [1.807, 2.05) is 21.9 Å². The minimum atomic E-state index is -4.81. The van der Waals surface area contributed by atoms with Gasteiger partial charge in [-0.3, -0.25) is 9.59 Å². The lowest BCUT2D eigenvalue weighted by molar-refractivity contribution is -0.244. The molecule has 4 N–H and O–H groups in total. The second kappa shape index (κ2) is 23.4. The second-order valence-corrected chi connectivity index (χ2v) is 27.0. The number of aromatic amines is 2. The van der Waals surface area contributed by atoms with Crippen molar-refractivity contribution < 1.29 is 55.0 Å². The first-order valence-corrected chi connectivity index (χ1v) is 31.1. The van der Waals surface area contributed by atoms with Gasteiger partial charge in [-0.05, 0) is 184 Å². The second-order valence-electron chi connectivity index (χ2n) is 27.0. The van der Waals surface area contributed by atoms with Crippen molar-refractivity contribution in [3.8, 4) is 22.3 Å². The van der Waals surface area contributed by atoms with Crippen LogP contribution in [-0.4, -0.2) is 101 Å². The number of rotatable bonds is 12. The van der Waals surface area contributed by atoms with Gasteiger partial charge in [-0.2, -0.15) is 26.3 Å². The van der Waals surface area contributed by atoms with Crippen molar-refractivity contribution in [2.45, 2.75) is 212 Å². The van der Waals surface area contributed by atoms with Gasteiger partial charge in [0.2, 0.25) is 23.0 Å². The van der Waals surface area contributed by atoms with Crippen molar-refractivity contribution >= 4 is 46.1 Å². The molecule has 4 amide bonds. The summed E-state index contributed by atoms with van der Waals surface area (Å²) in [5.74, 6) is 0.121. The Balaban J connectivity index is 0.836. The van der Waals surface area contributed by atoms with Gasteiger partial charge in [0.15, 0.2) is 0 Å². The smallest absolute Gasteiger partial charge is 0.427 e. The van der Waals surface area contributed by atoms with E-state index in [0.29, 0.717) is 24.5 Å². The third kappa shape index (κ3) is 12.2. The topological polar surface area (TPSA) is 175 Å². The molecule has 4 heterocycles. The average molecular weight is 1210 g/mol. The van der Waals surface area contributed by atoms with Crippen LogP contribution in [0.4, 0.5) is 35.9 Å². The zero-order valence-corrected chi connectivity index (χ0v) is 51.0. The molecule has 14 nitrogen and oxygen atoms in total. The predicted molar refractivity (Wildman–Crippen MR) is 319 cm³/mol. The van der Waals surface area contributed by atoms with Crippen LogP contribution < -0.4 is 10.6 Å². The Hall–Kier alpha value is -7.12. The van der Waals surface area contributed by atoms with Crippen molar-refractivity contribution in [3.63, 3.8) is 0 Å². The number of alkyl halides is 6. The predicted octanol–water partition coefficient (Wildman–Crippen LogP) is 15.1. The Labute approximate surface area is 503 Å². The molecule has 2 aliphatic heterocycles. The molecule has 2 saturated carbocycles. The van der Waals surface area contributed by atoms with E-state index in [2.05, 4.69) is 88.2 Å². The maximum atomic E-state index is 14.8. The lowest BCUT2D eigenvalue weighted by Gasteiger charge is -2.37. The van der Waals surface area contributed by atoms with E-state index in [9.17, 15) is 45.5 Å². The largest absolute Gasteiger partial charge is 0.434 e. The first kappa shape index (κ1) is 61.5. The maximum absolute atomic E-state index is 14.8. The van der Waals surface area contributed by atoms with E-state index in [1.54, 1.807) is 27.7 Å². The third-order valence-electron chi connectivity index (χ3n) is 19.5. The lowest BCUT2D eigenvalue weighted by Crippen LogP contribution is -2.55. The summed E-state index contributed by atoms with van der Waals surface area (Å²) < 4.78 is 92.1. The fourth-order valence-electron chi connectivity index (χ4n) is 14.3. The summed E-state index contributed by atoms with van der Waals surface area (Å²) >= 11 is 0. The highest BCUT2D eigenvalue weighted by atomic mass is 19.4. The summed E-state index contributed by atoms with van der Waals surface area (Å²) in [5, 5.41) is 5.02. The van der Waals surface area contributed by atoms with Gasteiger partial charge in [-0.25, -0.2) is 19.6 Å². The summed E-state index contributed by atoms with van der Waals surface area (Å²) in [4.78, 5) is 76.7. The van der Waals surface area contributed by atoms with Gasteiger partial charge in [-0.15, -0.1) is 0 Å². The number of likely N-dealkylation sites (tertiary alicyclic amines) is 2. The van der Waals surface area contributed by atoms with Crippen LogP contribution in [0.5, 0.6) is 0 Å². The molecule has 87 heavy (non-hydrogen) atoms. The molecule has 0 spiro atoms. The van der Waals surface area contributed by atoms with Crippen molar-refractivity contribution in [1.29, 1.82) is 0 Å². The number of aromatic nitrogens is 4. The molecule has 2 saturated heterocycles. The zero-order chi connectivity index (χ0) is 62.2. The lowest BCUT2D eigenvalue weighted by atomic mass is 9.84. The summed E-state index contributed by atoms with van der Waals surface area (Å²) in [6, 6.07) is 22.6. The normalized spacial score (nSPS) is 23.3. The van der Waals surface area contributed by atoms with E-state index >= 15 is 0 Å². The van der Waals surface area contributed by atoms with E-state index in [0.717, 1.165) is 143 Å². The minimum absolute atomic E-state index is 0.108. The van der Waals surface area contributed by atoms with Gasteiger partial charge in [0.1, 0.15) is 23.7 Å². The number of nitrogens with zero attached hydrogens (tertiary/aromatic N) is 4. The van der Waals surface area contributed by atoms with E-state index < -0.39 is 71.7 Å². The van der Waals surface area contributed by atoms with Crippen LogP contribution in [0.15, 0.2) is 72.8 Å². The minimum Gasteiger partial charge on any atom is -0.434 e. The maximum Gasteiger partial charge on any atom is 0.427 e. The molecule has 20 heteroatoms. The highest BCUT2D eigenvalue weighted by Gasteiger charge is 2.54. The molecule has 4 bridgehead atoms. The number of ether oxygens (including phenoxy) is 2. The zero-order valence-electron chi connectivity index (χ0n) is 51.0. The number of hydrogen-bond acceptors (Lipinski definition) is 8. The Bertz CT molecular complexity index is 3590. The molecule has 2 aromatic heterocycles. The van der Waals surface area contributed by atoms with Crippen LogP contribution >= 0.6 is 0 Å². The van der Waals surface area contributed by atoms with Crippen LogP contribution in [0.3, 0.4) is 0 Å². The summed E-state index contributed by atoms with van der Waals surface area (Å²) in [6.07, 6.45) is -1.32. The van der Waals surface area contributed by atoms with Gasteiger partial charge in [0.25, 0.3) is 0 Å². The number of H-pyrrole nitrogens is 2. The number of nitrogens with one attached hydrogen (secondary N) is 4. The van der Waals surface area contributed by atoms with Gasteiger partial charge in [0.05, 0.1) is 34.2 Å². The number of alkyl carbamates (subject to hydrolysis) is 2. The Kier molecular flexibility index (Phi) is 16.6. The van der Waals surface area contributed by atoms with Crippen molar-refractivity contribution in [1.82, 2.24) is 40.4 Å².